The first-order valence-corrected chi connectivity index (χ1v) is 9.08. The van der Waals surface area contributed by atoms with Crippen LogP contribution in [-0.2, 0) is 6.54 Å². The standard InChI is InChI=1S/C18H15N7S.H2/c1-11-15-16(22-9-21-11)23-10-25(15)8-12-3-2-4-14-13(7-12)24-17-18(26-14)20-6-5-19-17;/h2,4-7,9-10H,3,8H2,1H3,(H,19,24);1H. The molecule has 4 heterocycles. The van der Waals surface area contributed by atoms with Crippen LogP contribution in [0.25, 0.3) is 11.2 Å². The third-order valence-electron chi connectivity index (χ3n) is 4.35. The number of anilines is 1. The van der Waals surface area contributed by atoms with Crippen molar-refractivity contribution in [3.63, 3.8) is 0 Å². The fourth-order valence-electron chi connectivity index (χ4n) is 3.16. The molecule has 130 valence electrons. The maximum absolute atomic E-state index is 4.40. The van der Waals surface area contributed by atoms with E-state index in [4.69, 9.17) is 0 Å². The van der Waals surface area contributed by atoms with Gasteiger partial charge in [-0.05, 0) is 31.1 Å². The number of aromatic nitrogens is 6. The van der Waals surface area contributed by atoms with E-state index in [0.717, 1.165) is 51.3 Å². The summed E-state index contributed by atoms with van der Waals surface area (Å²) in [6.45, 7) is 2.73. The van der Waals surface area contributed by atoms with E-state index in [1.807, 2.05) is 13.3 Å². The molecule has 7 nitrogen and oxygen atoms in total. The molecule has 0 radical (unpaired) electrons. The van der Waals surface area contributed by atoms with Crippen LogP contribution in [0.15, 0.2) is 64.5 Å². The van der Waals surface area contributed by atoms with E-state index in [1.54, 1.807) is 30.5 Å². The topological polar surface area (TPSA) is 81.4 Å². The number of imidazole rings is 1. The lowest BCUT2D eigenvalue weighted by Crippen LogP contribution is -2.09. The van der Waals surface area contributed by atoms with Crippen molar-refractivity contribution >= 4 is 28.7 Å². The van der Waals surface area contributed by atoms with Crippen molar-refractivity contribution in [2.45, 2.75) is 24.9 Å². The molecule has 0 aromatic carbocycles. The lowest BCUT2D eigenvalue weighted by atomic mass is 10.1. The Morgan fingerprint density at radius 2 is 2.12 bits per heavy atom. The molecule has 2 aliphatic rings. The van der Waals surface area contributed by atoms with Gasteiger partial charge in [-0.15, -0.1) is 0 Å². The van der Waals surface area contributed by atoms with Gasteiger partial charge in [-0.2, -0.15) is 0 Å². The van der Waals surface area contributed by atoms with E-state index in [-0.39, 0.29) is 1.43 Å². The first kappa shape index (κ1) is 15.3. The Kier molecular flexibility index (Phi) is 3.56. The van der Waals surface area contributed by atoms with Crippen molar-refractivity contribution in [3.8, 4) is 0 Å². The second kappa shape index (κ2) is 6.06. The van der Waals surface area contributed by atoms with Gasteiger partial charge in [0.2, 0.25) is 0 Å². The Hall–Kier alpha value is -3.00. The van der Waals surface area contributed by atoms with Gasteiger partial charge in [0.25, 0.3) is 0 Å². The molecule has 5 rings (SSSR count). The van der Waals surface area contributed by atoms with Gasteiger partial charge in [-0.3, -0.25) is 0 Å². The van der Waals surface area contributed by atoms with Crippen molar-refractivity contribution in [3.05, 3.63) is 65.1 Å². The minimum Gasteiger partial charge on any atom is -0.337 e. The van der Waals surface area contributed by atoms with Gasteiger partial charge in [0.1, 0.15) is 16.9 Å². The minimum atomic E-state index is 0. The highest BCUT2D eigenvalue weighted by Crippen LogP contribution is 2.39. The summed E-state index contributed by atoms with van der Waals surface area (Å²) in [5, 5.41) is 4.31. The quantitative estimate of drug-likeness (QED) is 0.746. The van der Waals surface area contributed by atoms with E-state index < -0.39 is 0 Å². The van der Waals surface area contributed by atoms with Gasteiger partial charge in [-0.1, -0.05) is 17.8 Å². The number of fused-ring (bicyclic) bond motifs is 2. The molecule has 0 atom stereocenters. The number of hydrogen-bond donors (Lipinski definition) is 1. The predicted octanol–water partition coefficient (Wildman–Crippen LogP) is 3.49. The highest BCUT2D eigenvalue weighted by atomic mass is 32.2. The third kappa shape index (κ3) is 2.59. The highest BCUT2D eigenvalue weighted by Gasteiger charge is 2.20. The molecule has 8 heteroatoms. The molecule has 0 unspecified atom stereocenters. The van der Waals surface area contributed by atoms with E-state index in [9.17, 15) is 0 Å². The van der Waals surface area contributed by atoms with Gasteiger partial charge in [-0.25, -0.2) is 24.9 Å². The summed E-state index contributed by atoms with van der Waals surface area (Å²) in [6.07, 6.45) is 14.2. The molecule has 0 spiro atoms. The summed E-state index contributed by atoms with van der Waals surface area (Å²) >= 11 is 1.64. The van der Waals surface area contributed by atoms with Crippen LogP contribution in [-0.4, -0.2) is 29.5 Å². The van der Waals surface area contributed by atoms with Gasteiger partial charge < -0.3 is 9.88 Å². The van der Waals surface area contributed by atoms with Crippen molar-refractivity contribution in [1.82, 2.24) is 29.5 Å². The lowest BCUT2D eigenvalue weighted by molar-refractivity contribution is 0.786. The van der Waals surface area contributed by atoms with E-state index in [2.05, 4.69) is 53.0 Å². The van der Waals surface area contributed by atoms with Crippen molar-refractivity contribution in [2.75, 3.05) is 5.32 Å². The number of hydrogen-bond acceptors (Lipinski definition) is 7. The van der Waals surface area contributed by atoms with Crippen LogP contribution in [0.2, 0.25) is 0 Å². The molecular formula is C18H17N7S. The number of allylic oxidation sites excluding steroid dienone is 4. The second-order valence-electron chi connectivity index (χ2n) is 6.13. The molecule has 26 heavy (non-hydrogen) atoms. The average molecular weight is 363 g/mol. The molecule has 0 bridgehead atoms. The van der Waals surface area contributed by atoms with Crippen molar-refractivity contribution in [2.24, 2.45) is 0 Å². The molecule has 3 aromatic heterocycles. The number of thioether (sulfide) groups is 1. The fourth-order valence-corrected chi connectivity index (χ4v) is 4.07. The molecule has 0 saturated heterocycles. The summed E-state index contributed by atoms with van der Waals surface area (Å²) in [5.41, 5.74) is 4.99. The van der Waals surface area contributed by atoms with Crippen molar-refractivity contribution in [1.29, 1.82) is 0 Å². The Balaban J connectivity index is 0.00000180. The maximum Gasteiger partial charge on any atom is 0.181 e. The molecule has 1 aliphatic heterocycles. The van der Waals surface area contributed by atoms with Crippen LogP contribution in [0, 0.1) is 6.92 Å². The molecular weight excluding hydrogens is 346 g/mol. The predicted molar refractivity (Wildman–Crippen MR) is 103 cm³/mol. The molecule has 1 aliphatic carbocycles. The van der Waals surface area contributed by atoms with Gasteiger partial charge >= 0.3 is 0 Å². The van der Waals surface area contributed by atoms with Crippen LogP contribution in [0.1, 0.15) is 13.5 Å². The average Bonchev–Trinajstić information content (AvgIpc) is 2.95. The Morgan fingerprint density at radius 3 is 3.08 bits per heavy atom. The van der Waals surface area contributed by atoms with Gasteiger partial charge in [0, 0.05) is 25.3 Å². The molecule has 0 fully saturated rings. The van der Waals surface area contributed by atoms with Crippen LogP contribution >= 0.6 is 11.8 Å². The zero-order valence-corrected chi connectivity index (χ0v) is 14.9. The fraction of sp³-hybridized carbons (Fsp3) is 0.167. The summed E-state index contributed by atoms with van der Waals surface area (Å²) in [4.78, 5) is 22.9. The van der Waals surface area contributed by atoms with E-state index >= 15 is 0 Å². The third-order valence-corrected chi connectivity index (χ3v) is 5.42. The molecule has 1 N–H and O–H groups in total. The van der Waals surface area contributed by atoms with Gasteiger partial charge in [0.05, 0.1) is 17.7 Å². The lowest BCUT2D eigenvalue weighted by Gasteiger charge is -2.18. The Labute approximate surface area is 155 Å². The zero-order valence-electron chi connectivity index (χ0n) is 14.0. The summed E-state index contributed by atoms with van der Waals surface area (Å²) in [6, 6.07) is 0. The second-order valence-corrected chi connectivity index (χ2v) is 7.16. The van der Waals surface area contributed by atoms with E-state index in [1.165, 1.54) is 5.57 Å². The largest absolute Gasteiger partial charge is 0.337 e. The number of aryl methyl sites for hydroxylation is 1. The van der Waals surface area contributed by atoms with Crippen LogP contribution < -0.4 is 5.32 Å². The van der Waals surface area contributed by atoms with Crippen molar-refractivity contribution < 1.29 is 1.43 Å². The Bertz CT molecular complexity index is 1120. The maximum atomic E-state index is 4.40. The van der Waals surface area contributed by atoms with Crippen LogP contribution in [0.5, 0.6) is 0 Å². The first-order chi connectivity index (χ1) is 12.8. The monoisotopic (exact) mass is 363 g/mol. The molecule has 3 aromatic rings. The molecule has 0 amide bonds. The smallest absolute Gasteiger partial charge is 0.181 e. The summed E-state index contributed by atoms with van der Waals surface area (Å²) < 4.78 is 2.11. The normalized spacial score (nSPS) is 16.0. The number of nitrogens with one attached hydrogen (secondary N) is 1. The first-order valence-electron chi connectivity index (χ1n) is 8.26. The minimum absolute atomic E-state index is 0. The number of nitrogens with zero attached hydrogens (tertiary/aromatic N) is 6. The zero-order chi connectivity index (χ0) is 17.5. The van der Waals surface area contributed by atoms with Gasteiger partial charge in [0.15, 0.2) is 11.5 Å². The summed E-state index contributed by atoms with van der Waals surface area (Å²) in [7, 11) is 0. The Morgan fingerprint density at radius 1 is 1.19 bits per heavy atom. The van der Waals surface area contributed by atoms with Crippen LogP contribution in [0.4, 0.5) is 5.82 Å². The number of rotatable bonds is 2. The highest BCUT2D eigenvalue weighted by molar-refractivity contribution is 8.03. The summed E-state index contributed by atoms with van der Waals surface area (Å²) in [5.74, 6) is 0.805. The van der Waals surface area contributed by atoms with E-state index in [0.29, 0.717) is 0 Å². The van der Waals surface area contributed by atoms with Crippen LogP contribution in [0.3, 0.4) is 0 Å². The SMILES string of the molecule is Cc1ncnc2ncn(CC3=CC4=C(C=CC3)Sc3nccnc3N4)c12.[HH]. The molecule has 0 saturated carbocycles.